The van der Waals surface area contributed by atoms with Gasteiger partial charge in [0.25, 0.3) is 0 Å². The van der Waals surface area contributed by atoms with Gasteiger partial charge in [0.05, 0.1) is 18.9 Å². The van der Waals surface area contributed by atoms with Crippen LogP contribution in [0.25, 0.3) is 0 Å². The van der Waals surface area contributed by atoms with Gasteiger partial charge in [0.2, 0.25) is 0 Å². The molecule has 2 rings (SSSR count). The highest BCUT2D eigenvalue weighted by Crippen LogP contribution is 2.12. The maximum Gasteiger partial charge on any atom is 0.0888 e. The Labute approximate surface area is 97.2 Å². The second-order valence-corrected chi connectivity index (χ2v) is 4.48. The van der Waals surface area contributed by atoms with Crippen LogP contribution in [-0.2, 0) is 11.3 Å². The van der Waals surface area contributed by atoms with Gasteiger partial charge in [-0.2, -0.15) is 0 Å². The number of nitrogens with one attached hydrogen (secondary N) is 1. The minimum absolute atomic E-state index is 0.644. The molecule has 1 N–H and O–H groups in total. The van der Waals surface area contributed by atoms with Gasteiger partial charge in [-0.3, -0.25) is 4.98 Å². The van der Waals surface area contributed by atoms with Crippen molar-refractivity contribution < 1.29 is 4.74 Å². The van der Waals surface area contributed by atoms with Crippen LogP contribution in [0.2, 0.25) is 0 Å². The molecule has 0 aromatic carbocycles. The molecule has 1 fully saturated rings. The summed E-state index contributed by atoms with van der Waals surface area (Å²) in [6.07, 6.45) is 2.47. The van der Waals surface area contributed by atoms with E-state index in [1.807, 2.05) is 25.1 Å². The van der Waals surface area contributed by atoms with Gasteiger partial charge < -0.3 is 10.1 Å². The maximum absolute atomic E-state index is 5.72. The molecule has 1 saturated heterocycles. The molecule has 3 nitrogen and oxygen atoms in total. The van der Waals surface area contributed by atoms with Crippen LogP contribution >= 0.6 is 0 Å². The van der Waals surface area contributed by atoms with E-state index in [-0.39, 0.29) is 0 Å². The van der Waals surface area contributed by atoms with Crippen LogP contribution in [0.1, 0.15) is 24.2 Å². The zero-order valence-corrected chi connectivity index (χ0v) is 9.91. The van der Waals surface area contributed by atoms with Crippen LogP contribution in [-0.4, -0.2) is 24.7 Å². The van der Waals surface area contributed by atoms with Crippen molar-refractivity contribution in [3.05, 3.63) is 29.6 Å². The summed E-state index contributed by atoms with van der Waals surface area (Å²) in [5, 5.41) is 3.36. The van der Waals surface area contributed by atoms with Gasteiger partial charge in [-0.1, -0.05) is 6.07 Å². The topological polar surface area (TPSA) is 34.1 Å². The Kier molecular flexibility index (Phi) is 4.31. The van der Waals surface area contributed by atoms with E-state index in [1.165, 1.54) is 12.8 Å². The normalized spacial score (nSPS) is 17.6. The van der Waals surface area contributed by atoms with Crippen molar-refractivity contribution in [2.75, 3.05) is 19.7 Å². The molecule has 0 aliphatic carbocycles. The molecule has 1 aliphatic heterocycles. The first kappa shape index (κ1) is 11.6. The smallest absolute Gasteiger partial charge is 0.0888 e. The molecule has 2 heterocycles. The summed E-state index contributed by atoms with van der Waals surface area (Å²) in [7, 11) is 0. The Balaban J connectivity index is 1.71. The molecule has 0 unspecified atom stereocenters. The lowest BCUT2D eigenvalue weighted by Gasteiger charge is -2.22. The van der Waals surface area contributed by atoms with E-state index in [9.17, 15) is 0 Å². The van der Waals surface area contributed by atoms with Crippen LogP contribution < -0.4 is 5.32 Å². The van der Waals surface area contributed by atoms with E-state index in [0.29, 0.717) is 6.61 Å². The molecule has 0 saturated carbocycles. The van der Waals surface area contributed by atoms with E-state index < -0.39 is 0 Å². The number of piperidine rings is 1. The molecule has 1 aromatic rings. The fraction of sp³-hybridized carbons (Fsp3) is 0.615. The number of nitrogens with zero attached hydrogens (tertiary/aromatic N) is 1. The lowest BCUT2D eigenvalue weighted by atomic mass is 9.99. The molecule has 0 spiro atoms. The van der Waals surface area contributed by atoms with E-state index >= 15 is 0 Å². The molecule has 3 heteroatoms. The molecule has 16 heavy (non-hydrogen) atoms. The standard InChI is InChI=1S/C13H20N2O/c1-11-3-2-4-13(15-11)10-16-9-12-5-7-14-8-6-12/h2-4,12,14H,5-10H2,1H3. The number of hydrogen-bond donors (Lipinski definition) is 1. The number of ether oxygens (including phenoxy) is 1. The van der Waals surface area contributed by atoms with Gasteiger partial charge in [-0.25, -0.2) is 0 Å². The molecule has 88 valence electrons. The fourth-order valence-electron chi connectivity index (χ4n) is 2.06. The third-order valence-corrected chi connectivity index (χ3v) is 3.01. The second-order valence-electron chi connectivity index (χ2n) is 4.48. The second kappa shape index (κ2) is 5.97. The first-order valence-electron chi connectivity index (χ1n) is 6.05. The third-order valence-electron chi connectivity index (χ3n) is 3.01. The Morgan fingerprint density at radius 1 is 1.38 bits per heavy atom. The predicted molar refractivity (Wildman–Crippen MR) is 64.2 cm³/mol. The SMILES string of the molecule is Cc1cccc(COCC2CCNCC2)n1. The summed E-state index contributed by atoms with van der Waals surface area (Å²) in [4.78, 5) is 4.42. The lowest BCUT2D eigenvalue weighted by Crippen LogP contribution is -2.29. The van der Waals surface area contributed by atoms with Crippen LogP contribution in [0, 0.1) is 12.8 Å². The molecular formula is C13H20N2O. The summed E-state index contributed by atoms with van der Waals surface area (Å²) in [6.45, 7) is 5.80. The third kappa shape index (κ3) is 3.58. The molecule has 1 aromatic heterocycles. The molecular weight excluding hydrogens is 200 g/mol. The van der Waals surface area contributed by atoms with E-state index in [2.05, 4.69) is 10.3 Å². The van der Waals surface area contributed by atoms with Gasteiger partial charge in [-0.05, 0) is 50.9 Å². The fourth-order valence-corrected chi connectivity index (χ4v) is 2.06. The van der Waals surface area contributed by atoms with Crippen molar-refractivity contribution in [3.63, 3.8) is 0 Å². The van der Waals surface area contributed by atoms with Gasteiger partial charge in [0, 0.05) is 5.69 Å². The average molecular weight is 220 g/mol. The first-order chi connectivity index (χ1) is 7.84. The Morgan fingerprint density at radius 3 is 2.94 bits per heavy atom. The molecule has 1 aliphatic rings. The van der Waals surface area contributed by atoms with Gasteiger partial charge in [-0.15, -0.1) is 0 Å². The van der Waals surface area contributed by atoms with E-state index in [1.54, 1.807) is 0 Å². The molecule has 0 radical (unpaired) electrons. The predicted octanol–water partition coefficient (Wildman–Crippen LogP) is 1.91. The number of hydrogen-bond acceptors (Lipinski definition) is 3. The Hall–Kier alpha value is -0.930. The molecule has 0 amide bonds. The highest BCUT2D eigenvalue weighted by atomic mass is 16.5. The highest BCUT2D eigenvalue weighted by molar-refractivity contribution is 5.08. The van der Waals surface area contributed by atoms with Crippen molar-refractivity contribution in [1.29, 1.82) is 0 Å². The van der Waals surface area contributed by atoms with Crippen LogP contribution in [0.15, 0.2) is 18.2 Å². The van der Waals surface area contributed by atoms with E-state index in [4.69, 9.17) is 4.74 Å². The van der Waals surface area contributed by atoms with Gasteiger partial charge in [0.1, 0.15) is 0 Å². The van der Waals surface area contributed by atoms with E-state index in [0.717, 1.165) is 37.0 Å². The average Bonchev–Trinajstić information content (AvgIpc) is 2.30. The summed E-state index contributed by atoms with van der Waals surface area (Å²) >= 11 is 0. The zero-order chi connectivity index (χ0) is 11.2. The Morgan fingerprint density at radius 2 is 2.19 bits per heavy atom. The van der Waals surface area contributed by atoms with Gasteiger partial charge >= 0.3 is 0 Å². The quantitative estimate of drug-likeness (QED) is 0.841. The molecule has 0 bridgehead atoms. The summed E-state index contributed by atoms with van der Waals surface area (Å²) in [6, 6.07) is 6.07. The van der Waals surface area contributed by atoms with Crippen molar-refractivity contribution >= 4 is 0 Å². The van der Waals surface area contributed by atoms with Crippen molar-refractivity contribution in [2.45, 2.75) is 26.4 Å². The largest absolute Gasteiger partial charge is 0.375 e. The number of rotatable bonds is 4. The van der Waals surface area contributed by atoms with Gasteiger partial charge in [0.15, 0.2) is 0 Å². The first-order valence-corrected chi connectivity index (χ1v) is 6.05. The summed E-state index contributed by atoms with van der Waals surface area (Å²) < 4.78 is 5.72. The maximum atomic E-state index is 5.72. The number of pyridine rings is 1. The van der Waals surface area contributed by atoms with Crippen LogP contribution in [0.3, 0.4) is 0 Å². The number of aryl methyl sites for hydroxylation is 1. The molecule has 0 atom stereocenters. The summed E-state index contributed by atoms with van der Waals surface area (Å²) in [5.74, 6) is 0.728. The van der Waals surface area contributed by atoms with Crippen LogP contribution in [0.4, 0.5) is 0 Å². The van der Waals surface area contributed by atoms with Crippen molar-refractivity contribution in [3.8, 4) is 0 Å². The Bertz CT molecular complexity index is 321. The van der Waals surface area contributed by atoms with Crippen LogP contribution in [0.5, 0.6) is 0 Å². The summed E-state index contributed by atoms with van der Waals surface area (Å²) in [5.41, 5.74) is 2.09. The lowest BCUT2D eigenvalue weighted by molar-refractivity contribution is 0.0743. The van der Waals surface area contributed by atoms with Crippen molar-refractivity contribution in [1.82, 2.24) is 10.3 Å². The highest BCUT2D eigenvalue weighted by Gasteiger charge is 2.12. The monoisotopic (exact) mass is 220 g/mol. The zero-order valence-electron chi connectivity index (χ0n) is 9.91. The minimum atomic E-state index is 0.644. The minimum Gasteiger partial charge on any atom is -0.375 e. The number of aromatic nitrogens is 1. The van der Waals surface area contributed by atoms with Crippen molar-refractivity contribution in [2.24, 2.45) is 5.92 Å².